The lowest BCUT2D eigenvalue weighted by atomic mass is 10.2. The number of esters is 1. The molecule has 1 rings (SSSR count). The quantitative estimate of drug-likeness (QED) is 0.377. The molecule has 0 heterocycles. The minimum atomic E-state index is -0.768. The van der Waals surface area contributed by atoms with Gasteiger partial charge < -0.3 is 15.2 Å². The number of nitrogens with two attached hydrogens (primary N) is 1. The van der Waals surface area contributed by atoms with Crippen LogP contribution in [0.2, 0.25) is 0 Å². The summed E-state index contributed by atoms with van der Waals surface area (Å²) in [5, 5.41) is 3.63. The smallest absolute Gasteiger partial charge is 0.332 e. The van der Waals surface area contributed by atoms with Gasteiger partial charge in [0.25, 0.3) is 0 Å². The first kappa shape index (κ1) is 15.0. The van der Waals surface area contributed by atoms with Crippen LogP contribution in [0, 0.1) is 0 Å². The first-order valence-corrected chi connectivity index (χ1v) is 5.87. The second kappa shape index (κ2) is 6.74. The Morgan fingerprint density at radius 3 is 2.63 bits per heavy atom. The van der Waals surface area contributed by atoms with Crippen molar-refractivity contribution in [3.8, 4) is 11.5 Å². The van der Waals surface area contributed by atoms with Gasteiger partial charge in [-0.15, -0.1) is 0 Å². The number of rotatable bonds is 4. The van der Waals surface area contributed by atoms with Crippen LogP contribution in [-0.2, 0) is 4.79 Å². The van der Waals surface area contributed by atoms with Crippen LogP contribution in [0.4, 0.5) is 4.79 Å². The zero-order valence-corrected chi connectivity index (χ0v) is 11.9. The molecule has 0 fully saturated rings. The van der Waals surface area contributed by atoms with Crippen molar-refractivity contribution in [2.24, 2.45) is 10.8 Å². The van der Waals surface area contributed by atoms with E-state index in [0.29, 0.717) is 15.8 Å². The number of urea groups is 1. The zero-order chi connectivity index (χ0) is 14.4. The molecule has 7 nitrogen and oxygen atoms in total. The summed E-state index contributed by atoms with van der Waals surface area (Å²) in [5.41, 5.74) is 7.55. The Balaban J connectivity index is 3.05. The second-order valence-corrected chi connectivity index (χ2v) is 4.21. The third-order valence-corrected chi connectivity index (χ3v) is 2.60. The number of benzene rings is 1. The fourth-order valence-electron chi connectivity index (χ4n) is 1.21. The Labute approximate surface area is 117 Å². The van der Waals surface area contributed by atoms with Gasteiger partial charge in [-0.2, -0.15) is 5.10 Å². The topological polar surface area (TPSA) is 103 Å². The lowest BCUT2D eigenvalue weighted by Gasteiger charge is -2.10. The largest absolute Gasteiger partial charge is 0.493 e. The van der Waals surface area contributed by atoms with Gasteiger partial charge in [0.1, 0.15) is 0 Å². The minimum Gasteiger partial charge on any atom is -0.493 e. The molecule has 0 saturated heterocycles. The molecule has 0 bridgehead atoms. The van der Waals surface area contributed by atoms with Crippen molar-refractivity contribution >= 4 is 34.1 Å². The van der Waals surface area contributed by atoms with Gasteiger partial charge in [0.05, 0.1) is 13.3 Å². The average Bonchev–Trinajstić information content (AvgIpc) is 2.30. The van der Waals surface area contributed by atoms with Crippen LogP contribution in [0.15, 0.2) is 21.7 Å². The number of nitrogens with zero attached hydrogens (tertiary/aromatic N) is 1. The van der Waals surface area contributed by atoms with E-state index in [4.69, 9.17) is 15.2 Å². The first-order valence-electron chi connectivity index (χ1n) is 5.08. The Kier molecular flexibility index (Phi) is 5.31. The molecule has 0 spiro atoms. The van der Waals surface area contributed by atoms with E-state index in [1.165, 1.54) is 20.2 Å². The van der Waals surface area contributed by atoms with Crippen LogP contribution in [0.1, 0.15) is 12.5 Å². The van der Waals surface area contributed by atoms with E-state index in [9.17, 15) is 9.59 Å². The van der Waals surface area contributed by atoms with Gasteiger partial charge in [0.2, 0.25) is 0 Å². The fourth-order valence-corrected chi connectivity index (χ4v) is 1.63. The van der Waals surface area contributed by atoms with Crippen molar-refractivity contribution in [3.05, 3.63) is 22.2 Å². The van der Waals surface area contributed by atoms with Crippen molar-refractivity contribution in [1.29, 1.82) is 0 Å². The van der Waals surface area contributed by atoms with Gasteiger partial charge >= 0.3 is 12.0 Å². The van der Waals surface area contributed by atoms with Gasteiger partial charge in [-0.05, 0) is 28.1 Å². The van der Waals surface area contributed by atoms with E-state index in [2.05, 4.69) is 26.5 Å². The molecule has 0 radical (unpaired) electrons. The molecule has 0 aromatic heterocycles. The number of hydrazone groups is 1. The summed E-state index contributed by atoms with van der Waals surface area (Å²) in [5.74, 6) is 0.183. The molecule has 0 unspecified atom stereocenters. The number of hydrogen-bond acceptors (Lipinski definition) is 5. The van der Waals surface area contributed by atoms with Crippen LogP contribution in [0.25, 0.3) is 0 Å². The van der Waals surface area contributed by atoms with E-state index in [1.54, 1.807) is 12.1 Å². The molecule has 1 aromatic carbocycles. The number of hydrogen-bond donors (Lipinski definition) is 2. The Morgan fingerprint density at radius 2 is 2.11 bits per heavy atom. The molecule has 8 heteroatoms. The van der Waals surface area contributed by atoms with Crippen molar-refractivity contribution < 1.29 is 19.1 Å². The number of methoxy groups -OCH3 is 1. The lowest BCUT2D eigenvalue weighted by molar-refractivity contribution is -0.132. The number of amides is 2. The molecule has 0 atom stereocenters. The summed E-state index contributed by atoms with van der Waals surface area (Å²) in [6, 6.07) is 2.39. The Bertz CT molecular complexity index is 531. The van der Waals surface area contributed by atoms with Crippen LogP contribution < -0.4 is 20.6 Å². The van der Waals surface area contributed by atoms with E-state index in [1.807, 2.05) is 0 Å². The van der Waals surface area contributed by atoms with Crippen molar-refractivity contribution in [1.82, 2.24) is 5.43 Å². The average molecular weight is 330 g/mol. The SMILES string of the molecule is COc1cc(/C=N/NC(N)=O)c(Br)cc1OC(C)=O. The molecular formula is C11H12BrN3O4. The maximum atomic E-state index is 10.9. The van der Waals surface area contributed by atoms with E-state index >= 15 is 0 Å². The fraction of sp³-hybridized carbons (Fsp3) is 0.182. The Hall–Kier alpha value is -2.09. The second-order valence-electron chi connectivity index (χ2n) is 3.35. The molecule has 3 N–H and O–H groups in total. The zero-order valence-electron chi connectivity index (χ0n) is 10.3. The molecule has 0 aliphatic rings. The molecule has 0 saturated carbocycles. The predicted molar refractivity (Wildman–Crippen MR) is 72.3 cm³/mol. The van der Waals surface area contributed by atoms with Crippen LogP contribution in [0.5, 0.6) is 11.5 Å². The predicted octanol–water partition coefficient (Wildman–Crippen LogP) is 1.39. The van der Waals surface area contributed by atoms with Crippen LogP contribution in [0.3, 0.4) is 0 Å². The molecule has 19 heavy (non-hydrogen) atoms. The number of ether oxygens (including phenoxy) is 2. The molecular weight excluding hydrogens is 318 g/mol. The van der Waals surface area contributed by atoms with Crippen LogP contribution in [-0.4, -0.2) is 25.3 Å². The highest BCUT2D eigenvalue weighted by Gasteiger charge is 2.11. The molecule has 0 aliphatic heterocycles. The van der Waals surface area contributed by atoms with Crippen LogP contribution >= 0.6 is 15.9 Å². The number of halogens is 1. The molecule has 1 aromatic rings. The number of nitrogens with one attached hydrogen (secondary N) is 1. The van der Waals surface area contributed by atoms with Gasteiger partial charge in [-0.1, -0.05) is 0 Å². The normalized spacial score (nSPS) is 10.3. The highest BCUT2D eigenvalue weighted by atomic mass is 79.9. The van der Waals surface area contributed by atoms with E-state index < -0.39 is 12.0 Å². The van der Waals surface area contributed by atoms with Crippen molar-refractivity contribution in [3.63, 3.8) is 0 Å². The van der Waals surface area contributed by atoms with Crippen molar-refractivity contribution in [2.75, 3.05) is 7.11 Å². The molecule has 2 amide bonds. The third kappa shape index (κ3) is 4.59. The highest BCUT2D eigenvalue weighted by molar-refractivity contribution is 9.10. The van der Waals surface area contributed by atoms with Gasteiger partial charge in [0, 0.05) is 17.0 Å². The van der Waals surface area contributed by atoms with Gasteiger partial charge in [-0.25, -0.2) is 10.2 Å². The van der Waals surface area contributed by atoms with E-state index in [0.717, 1.165) is 0 Å². The standard InChI is InChI=1S/C11H12BrN3O4/c1-6(16)19-10-4-8(12)7(3-9(10)18-2)5-14-15-11(13)17/h3-5H,1-2H3,(H3,13,15,17)/b14-5+. The summed E-state index contributed by atoms with van der Waals surface area (Å²) < 4.78 is 10.7. The summed E-state index contributed by atoms with van der Waals surface area (Å²) in [6.45, 7) is 1.29. The lowest BCUT2D eigenvalue weighted by Crippen LogP contribution is -2.24. The minimum absolute atomic E-state index is 0.280. The monoisotopic (exact) mass is 329 g/mol. The van der Waals surface area contributed by atoms with Gasteiger partial charge in [0.15, 0.2) is 11.5 Å². The number of carbonyl (C=O) groups excluding carboxylic acids is 2. The maximum absolute atomic E-state index is 10.9. The number of carbonyl (C=O) groups is 2. The highest BCUT2D eigenvalue weighted by Crippen LogP contribution is 2.32. The number of primary amides is 1. The summed E-state index contributed by atoms with van der Waals surface area (Å²) in [4.78, 5) is 21.4. The van der Waals surface area contributed by atoms with E-state index in [-0.39, 0.29) is 5.75 Å². The third-order valence-electron chi connectivity index (χ3n) is 1.92. The summed E-state index contributed by atoms with van der Waals surface area (Å²) in [6.07, 6.45) is 1.37. The summed E-state index contributed by atoms with van der Waals surface area (Å²) in [7, 11) is 1.44. The summed E-state index contributed by atoms with van der Waals surface area (Å²) >= 11 is 3.29. The first-order chi connectivity index (χ1) is 8.93. The Morgan fingerprint density at radius 1 is 1.42 bits per heavy atom. The van der Waals surface area contributed by atoms with Crippen molar-refractivity contribution in [2.45, 2.75) is 6.92 Å². The molecule has 0 aliphatic carbocycles. The van der Waals surface area contributed by atoms with Gasteiger partial charge in [-0.3, -0.25) is 4.79 Å². The maximum Gasteiger partial charge on any atom is 0.332 e. The molecule has 102 valence electrons.